The number of halogens is 3. The van der Waals surface area contributed by atoms with Gasteiger partial charge in [-0.25, -0.2) is 13.1 Å². The van der Waals surface area contributed by atoms with Gasteiger partial charge in [0.15, 0.2) is 8.32 Å². The largest absolute Gasteiger partial charge is 0.511 e. The molecule has 2 atom stereocenters. The summed E-state index contributed by atoms with van der Waals surface area (Å²) in [6, 6.07) is 0.961. The van der Waals surface area contributed by atoms with Crippen LogP contribution in [0.4, 0.5) is 13.2 Å². The summed E-state index contributed by atoms with van der Waals surface area (Å²) >= 11 is 0. The summed E-state index contributed by atoms with van der Waals surface area (Å²) in [6.45, 7) is 12.9. The van der Waals surface area contributed by atoms with E-state index in [2.05, 4.69) is 0 Å². The fourth-order valence-corrected chi connectivity index (χ4v) is 16.6. The Morgan fingerprint density at radius 3 is 1.65 bits per heavy atom. The second-order valence-corrected chi connectivity index (χ2v) is 23.2. The predicted octanol–water partition coefficient (Wildman–Crippen LogP) is 3.56. The molecule has 2 unspecified atom stereocenters. The molecular weight excluding hydrogens is 572 g/mol. The first-order valence-corrected chi connectivity index (χ1v) is 22.2. The van der Waals surface area contributed by atoms with Crippen molar-refractivity contribution >= 4 is 35.5 Å². The number of hydrogen-bond acceptors (Lipinski definition) is 9. The van der Waals surface area contributed by atoms with Gasteiger partial charge in [0.2, 0.25) is 0 Å². The smallest absolute Gasteiger partial charge is 0.437 e. The minimum atomic E-state index is -5.38. The van der Waals surface area contributed by atoms with Gasteiger partial charge in [-0.2, -0.15) is 13.2 Å². The number of methoxy groups -OCH3 is 1. The number of ether oxygens (including phenoxy) is 4. The molecule has 0 saturated heterocycles. The number of alkyl halides is 3. The number of hydrogen-bond donors (Lipinski definition) is 1. The van der Waals surface area contributed by atoms with Crippen LogP contribution in [0.15, 0.2) is 0 Å². The van der Waals surface area contributed by atoms with Gasteiger partial charge in [0, 0.05) is 27.4 Å². The average Bonchev–Trinajstić information content (AvgIpc) is 2.75. The zero-order valence-corrected chi connectivity index (χ0v) is 27.0. The van der Waals surface area contributed by atoms with Crippen molar-refractivity contribution in [3.8, 4) is 0 Å². The zero-order chi connectivity index (χ0) is 28.6. The van der Waals surface area contributed by atoms with Crippen molar-refractivity contribution in [3.05, 3.63) is 0 Å². The Balaban J connectivity index is 4.61. The van der Waals surface area contributed by atoms with Crippen LogP contribution in [0, 0.1) is 0 Å². The molecule has 0 aromatic rings. The van der Waals surface area contributed by atoms with Crippen molar-refractivity contribution < 1.29 is 53.2 Å². The SMILES string of the molecule is COCCOCCOCCOCCC[Si](C)(OC)O[Si](C)(CCCNS(=O)(=O)C(F)(F)F)O[Si](C)(C)C. The standard InChI is InChI=1S/C20H46F3NO9SSi3/c1-27-12-13-30-16-17-31-15-14-29-11-9-19-36(6,28-2)33-37(7,32-35(3,4)5)18-8-10-24-34(25,26)20(21,22)23/h24H,8-19H2,1-7H3. The fourth-order valence-electron chi connectivity index (χ4n) is 3.30. The van der Waals surface area contributed by atoms with Crippen LogP contribution in [0.2, 0.25) is 44.8 Å². The molecule has 17 heteroatoms. The highest BCUT2D eigenvalue weighted by Gasteiger charge is 2.46. The minimum Gasteiger partial charge on any atom is -0.437 e. The van der Waals surface area contributed by atoms with E-state index in [4.69, 9.17) is 31.6 Å². The Kier molecular flexibility index (Phi) is 17.7. The Bertz CT molecular complexity index is 717. The van der Waals surface area contributed by atoms with Crippen molar-refractivity contribution in [2.45, 2.75) is 63.2 Å². The molecule has 0 aliphatic carbocycles. The van der Waals surface area contributed by atoms with Gasteiger partial charge in [0.25, 0.3) is 0 Å². The molecule has 10 nitrogen and oxygen atoms in total. The van der Waals surface area contributed by atoms with Gasteiger partial charge in [0.1, 0.15) is 0 Å². The third-order valence-electron chi connectivity index (χ3n) is 4.89. The summed E-state index contributed by atoms with van der Waals surface area (Å²) in [7, 11) is -9.82. The maximum absolute atomic E-state index is 12.6. The van der Waals surface area contributed by atoms with Gasteiger partial charge in [-0.3, -0.25) is 0 Å². The van der Waals surface area contributed by atoms with Gasteiger partial charge in [0.05, 0.1) is 39.6 Å². The lowest BCUT2D eigenvalue weighted by Gasteiger charge is -2.40. The second kappa shape index (κ2) is 17.7. The van der Waals surface area contributed by atoms with Crippen molar-refractivity contribution in [1.29, 1.82) is 0 Å². The molecule has 0 saturated carbocycles. The molecule has 224 valence electrons. The first kappa shape index (κ1) is 37.1. The number of nitrogens with one attached hydrogen (secondary N) is 1. The Morgan fingerprint density at radius 1 is 0.703 bits per heavy atom. The Morgan fingerprint density at radius 2 is 1.19 bits per heavy atom. The normalized spacial score (nSPS) is 16.5. The summed E-state index contributed by atoms with van der Waals surface area (Å²) in [5, 5.41) is 0. The van der Waals surface area contributed by atoms with E-state index in [0.29, 0.717) is 64.8 Å². The van der Waals surface area contributed by atoms with Crippen molar-refractivity contribution in [3.63, 3.8) is 0 Å². The van der Waals surface area contributed by atoms with E-state index in [-0.39, 0.29) is 13.0 Å². The van der Waals surface area contributed by atoms with E-state index < -0.39 is 41.0 Å². The van der Waals surface area contributed by atoms with Crippen LogP contribution in [0.3, 0.4) is 0 Å². The summed E-state index contributed by atoms with van der Waals surface area (Å²) in [6.07, 6.45) is 0.844. The maximum atomic E-state index is 12.6. The molecule has 0 bridgehead atoms. The Labute approximate surface area is 223 Å². The van der Waals surface area contributed by atoms with E-state index in [0.717, 1.165) is 0 Å². The van der Waals surface area contributed by atoms with E-state index in [9.17, 15) is 21.6 Å². The first-order chi connectivity index (χ1) is 17.0. The van der Waals surface area contributed by atoms with Gasteiger partial charge in [-0.05, 0) is 57.7 Å². The van der Waals surface area contributed by atoms with Gasteiger partial charge >= 0.3 is 32.7 Å². The van der Waals surface area contributed by atoms with E-state index in [1.165, 1.54) is 0 Å². The zero-order valence-electron chi connectivity index (χ0n) is 23.2. The van der Waals surface area contributed by atoms with Crippen molar-refractivity contribution in [2.75, 3.05) is 67.0 Å². The average molecular weight is 618 g/mol. The molecule has 0 aliphatic heterocycles. The monoisotopic (exact) mass is 617 g/mol. The molecule has 0 radical (unpaired) electrons. The third-order valence-corrected chi connectivity index (χ3v) is 17.1. The molecular formula is C20H46F3NO9SSi3. The summed E-state index contributed by atoms with van der Waals surface area (Å²) < 4.78 is 102. The van der Waals surface area contributed by atoms with Crippen LogP contribution < -0.4 is 4.72 Å². The van der Waals surface area contributed by atoms with E-state index in [1.54, 1.807) is 18.9 Å². The van der Waals surface area contributed by atoms with E-state index in [1.807, 2.05) is 32.7 Å². The van der Waals surface area contributed by atoms with Crippen LogP contribution in [0.25, 0.3) is 0 Å². The van der Waals surface area contributed by atoms with Gasteiger partial charge in [-0.15, -0.1) is 0 Å². The topological polar surface area (TPSA) is 111 Å². The molecule has 0 fully saturated rings. The summed E-state index contributed by atoms with van der Waals surface area (Å²) in [5.74, 6) is 0. The third kappa shape index (κ3) is 18.1. The van der Waals surface area contributed by atoms with Crippen LogP contribution in [-0.4, -0.2) is 106 Å². The molecule has 0 heterocycles. The molecule has 0 amide bonds. The quantitative estimate of drug-likeness (QED) is 0.136. The van der Waals surface area contributed by atoms with Crippen molar-refractivity contribution in [2.24, 2.45) is 0 Å². The molecule has 0 aromatic heterocycles. The molecule has 0 aromatic carbocycles. The molecule has 0 spiro atoms. The van der Waals surface area contributed by atoms with Crippen LogP contribution in [0.5, 0.6) is 0 Å². The van der Waals surface area contributed by atoms with Gasteiger partial charge in [-0.1, -0.05) is 0 Å². The lowest BCUT2D eigenvalue weighted by atomic mass is 10.5. The predicted molar refractivity (Wildman–Crippen MR) is 142 cm³/mol. The summed E-state index contributed by atoms with van der Waals surface area (Å²) in [5.41, 5.74) is -5.34. The van der Waals surface area contributed by atoms with Crippen molar-refractivity contribution in [1.82, 2.24) is 4.72 Å². The van der Waals surface area contributed by atoms with Crippen LogP contribution in [-0.2, 0) is 41.6 Å². The fraction of sp³-hybridized carbons (Fsp3) is 1.00. The molecule has 0 rings (SSSR count). The second-order valence-electron chi connectivity index (χ2n) is 9.67. The van der Waals surface area contributed by atoms with Crippen LogP contribution in [0.1, 0.15) is 12.8 Å². The lowest BCUT2D eigenvalue weighted by molar-refractivity contribution is -0.0447. The highest BCUT2D eigenvalue weighted by molar-refractivity contribution is 7.90. The minimum absolute atomic E-state index is 0.150. The summed E-state index contributed by atoms with van der Waals surface area (Å²) in [4.78, 5) is 0. The molecule has 37 heavy (non-hydrogen) atoms. The van der Waals surface area contributed by atoms with Crippen LogP contribution >= 0.6 is 0 Å². The van der Waals surface area contributed by atoms with Gasteiger partial charge < -0.3 is 31.6 Å². The highest BCUT2D eigenvalue weighted by Crippen LogP contribution is 2.28. The molecule has 1 N–H and O–H groups in total. The maximum Gasteiger partial charge on any atom is 0.511 e. The van der Waals surface area contributed by atoms with E-state index >= 15 is 0 Å². The highest BCUT2D eigenvalue weighted by atomic mass is 32.2. The first-order valence-electron chi connectivity index (χ1n) is 12.2. The number of rotatable bonds is 23. The number of sulfonamides is 1. The molecule has 0 aliphatic rings. The Hall–Kier alpha value is 0.0706. The lowest BCUT2D eigenvalue weighted by Crippen LogP contribution is -2.55.